The summed E-state index contributed by atoms with van der Waals surface area (Å²) < 4.78 is 5.03. The highest BCUT2D eigenvalue weighted by atomic mass is 16.5. The number of carbonyl (C=O) groups excluding carboxylic acids is 2. The van der Waals surface area contributed by atoms with Crippen LogP contribution < -0.4 is 15.4 Å². The van der Waals surface area contributed by atoms with E-state index in [2.05, 4.69) is 10.6 Å². The van der Waals surface area contributed by atoms with Gasteiger partial charge >= 0.3 is 11.8 Å². The van der Waals surface area contributed by atoms with Gasteiger partial charge < -0.3 is 15.4 Å². The quantitative estimate of drug-likeness (QED) is 0.851. The van der Waals surface area contributed by atoms with E-state index < -0.39 is 11.8 Å². The molecule has 0 bridgehead atoms. The summed E-state index contributed by atoms with van der Waals surface area (Å²) >= 11 is 0. The molecule has 2 N–H and O–H groups in total. The number of rotatable bonds is 4. The zero-order valence-electron chi connectivity index (χ0n) is 12.6. The summed E-state index contributed by atoms with van der Waals surface area (Å²) in [4.78, 5) is 23.6. The fourth-order valence-corrected chi connectivity index (χ4v) is 1.83. The Labute approximate surface area is 129 Å². The number of methoxy groups -OCH3 is 1. The normalized spacial score (nSPS) is 9.91. The summed E-state index contributed by atoms with van der Waals surface area (Å²) in [6.07, 6.45) is 0. The van der Waals surface area contributed by atoms with Crippen LogP contribution in [-0.4, -0.2) is 18.9 Å². The lowest BCUT2D eigenvalue weighted by atomic mass is 10.1. The van der Waals surface area contributed by atoms with Crippen molar-refractivity contribution in [2.75, 3.05) is 12.4 Å². The van der Waals surface area contributed by atoms with Crippen LogP contribution in [0.1, 0.15) is 11.1 Å². The van der Waals surface area contributed by atoms with Gasteiger partial charge in [0.1, 0.15) is 5.75 Å². The van der Waals surface area contributed by atoms with E-state index in [1.807, 2.05) is 31.2 Å². The van der Waals surface area contributed by atoms with Crippen LogP contribution in [0.15, 0.2) is 48.5 Å². The van der Waals surface area contributed by atoms with Crippen molar-refractivity contribution in [2.45, 2.75) is 13.5 Å². The Hall–Kier alpha value is -2.82. The van der Waals surface area contributed by atoms with Gasteiger partial charge in [-0.25, -0.2) is 0 Å². The average molecular weight is 298 g/mol. The molecular formula is C17H18N2O3. The largest absolute Gasteiger partial charge is 0.497 e. The fourth-order valence-electron chi connectivity index (χ4n) is 1.83. The molecular weight excluding hydrogens is 280 g/mol. The van der Waals surface area contributed by atoms with Gasteiger partial charge in [0.05, 0.1) is 7.11 Å². The minimum absolute atomic E-state index is 0.315. The number of carbonyl (C=O) groups is 2. The molecule has 22 heavy (non-hydrogen) atoms. The van der Waals surface area contributed by atoms with Crippen molar-refractivity contribution in [2.24, 2.45) is 0 Å². The van der Waals surface area contributed by atoms with E-state index in [1.54, 1.807) is 31.4 Å². The molecule has 0 aliphatic heterocycles. The van der Waals surface area contributed by atoms with Crippen LogP contribution in [0.4, 0.5) is 5.69 Å². The highest BCUT2D eigenvalue weighted by Gasteiger charge is 2.13. The van der Waals surface area contributed by atoms with Crippen molar-refractivity contribution >= 4 is 17.5 Å². The Morgan fingerprint density at radius 1 is 0.955 bits per heavy atom. The van der Waals surface area contributed by atoms with Gasteiger partial charge in [0.2, 0.25) is 0 Å². The van der Waals surface area contributed by atoms with Crippen molar-refractivity contribution in [3.8, 4) is 5.75 Å². The molecule has 0 aliphatic carbocycles. The molecule has 5 nitrogen and oxygen atoms in total. The van der Waals surface area contributed by atoms with E-state index in [9.17, 15) is 9.59 Å². The predicted octanol–water partition coefficient (Wildman–Crippen LogP) is 2.26. The first kappa shape index (κ1) is 15.6. The fraction of sp³-hybridized carbons (Fsp3) is 0.176. The molecule has 0 heterocycles. The number of anilines is 1. The highest BCUT2D eigenvalue weighted by Crippen LogP contribution is 2.14. The minimum Gasteiger partial charge on any atom is -0.497 e. The Morgan fingerprint density at radius 3 is 2.18 bits per heavy atom. The monoisotopic (exact) mass is 298 g/mol. The maximum atomic E-state index is 11.8. The summed E-state index contributed by atoms with van der Waals surface area (Å²) in [6.45, 7) is 2.31. The van der Waals surface area contributed by atoms with Crippen LogP contribution in [-0.2, 0) is 16.1 Å². The van der Waals surface area contributed by atoms with Gasteiger partial charge in [-0.15, -0.1) is 0 Å². The van der Waals surface area contributed by atoms with Gasteiger partial charge in [-0.05, 0) is 36.8 Å². The first-order chi connectivity index (χ1) is 10.6. The number of benzene rings is 2. The smallest absolute Gasteiger partial charge is 0.313 e. The van der Waals surface area contributed by atoms with Crippen LogP contribution >= 0.6 is 0 Å². The predicted molar refractivity (Wildman–Crippen MR) is 84.6 cm³/mol. The van der Waals surface area contributed by atoms with Gasteiger partial charge in [0, 0.05) is 12.2 Å². The molecule has 0 aromatic heterocycles. The van der Waals surface area contributed by atoms with Crippen molar-refractivity contribution in [1.29, 1.82) is 0 Å². The first-order valence-electron chi connectivity index (χ1n) is 6.87. The molecule has 0 saturated carbocycles. The molecule has 0 aliphatic rings. The molecule has 2 aromatic rings. The summed E-state index contributed by atoms with van der Waals surface area (Å²) in [6, 6.07) is 14.5. The summed E-state index contributed by atoms with van der Waals surface area (Å²) in [5.41, 5.74) is 2.62. The molecule has 114 valence electrons. The molecule has 0 fully saturated rings. The lowest BCUT2D eigenvalue weighted by Gasteiger charge is -2.07. The maximum Gasteiger partial charge on any atom is 0.313 e. The summed E-state index contributed by atoms with van der Waals surface area (Å²) in [7, 11) is 1.56. The Bertz CT molecular complexity index is 649. The Balaban J connectivity index is 1.86. The van der Waals surface area contributed by atoms with Crippen LogP contribution in [0.2, 0.25) is 0 Å². The van der Waals surface area contributed by atoms with Crippen molar-refractivity contribution in [3.63, 3.8) is 0 Å². The number of ether oxygens (including phenoxy) is 1. The van der Waals surface area contributed by atoms with Crippen molar-refractivity contribution in [1.82, 2.24) is 5.32 Å². The van der Waals surface area contributed by atoms with Gasteiger partial charge in [-0.3, -0.25) is 9.59 Å². The Kier molecular flexibility index (Phi) is 5.14. The van der Waals surface area contributed by atoms with Gasteiger partial charge in [0.25, 0.3) is 0 Å². The van der Waals surface area contributed by atoms with E-state index in [0.29, 0.717) is 18.0 Å². The first-order valence-corrected chi connectivity index (χ1v) is 6.87. The van der Waals surface area contributed by atoms with E-state index >= 15 is 0 Å². The maximum absolute atomic E-state index is 11.8. The molecule has 2 aromatic carbocycles. The lowest BCUT2D eigenvalue weighted by Crippen LogP contribution is -2.34. The summed E-state index contributed by atoms with van der Waals surface area (Å²) in [5, 5.41) is 5.12. The van der Waals surface area contributed by atoms with Crippen molar-refractivity contribution in [3.05, 3.63) is 59.7 Å². The van der Waals surface area contributed by atoms with Crippen LogP contribution in [0.5, 0.6) is 5.75 Å². The second-order valence-corrected chi connectivity index (χ2v) is 4.85. The van der Waals surface area contributed by atoms with Gasteiger partial charge in [0.15, 0.2) is 0 Å². The van der Waals surface area contributed by atoms with Crippen LogP contribution in [0.3, 0.4) is 0 Å². The SMILES string of the molecule is COc1ccc(NC(=O)C(=O)NCc2ccc(C)cc2)cc1. The molecule has 0 unspecified atom stereocenters. The molecule has 0 radical (unpaired) electrons. The average Bonchev–Trinajstić information content (AvgIpc) is 2.54. The minimum atomic E-state index is -0.697. The lowest BCUT2D eigenvalue weighted by molar-refractivity contribution is -0.136. The van der Waals surface area contributed by atoms with Gasteiger partial charge in [-0.2, -0.15) is 0 Å². The second-order valence-electron chi connectivity index (χ2n) is 4.85. The topological polar surface area (TPSA) is 67.4 Å². The third kappa shape index (κ3) is 4.34. The highest BCUT2D eigenvalue weighted by molar-refractivity contribution is 6.39. The second kappa shape index (κ2) is 7.26. The third-order valence-corrected chi connectivity index (χ3v) is 3.13. The number of amides is 2. The van der Waals surface area contributed by atoms with Crippen LogP contribution in [0.25, 0.3) is 0 Å². The standard InChI is InChI=1S/C17H18N2O3/c1-12-3-5-13(6-4-12)11-18-16(20)17(21)19-14-7-9-15(22-2)10-8-14/h3-10H,11H2,1-2H3,(H,18,20)(H,19,21). The molecule has 5 heteroatoms. The summed E-state index contributed by atoms with van der Waals surface area (Å²) in [5.74, 6) is -0.685. The van der Waals surface area contributed by atoms with E-state index in [0.717, 1.165) is 11.1 Å². The van der Waals surface area contributed by atoms with Crippen molar-refractivity contribution < 1.29 is 14.3 Å². The zero-order chi connectivity index (χ0) is 15.9. The zero-order valence-corrected chi connectivity index (χ0v) is 12.6. The third-order valence-electron chi connectivity index (χ3n) is 3.13. The molecule has 2 amide bonds. The molecule has 0 saturated heterocycles. The molecule has 0 spiro atoms. The molecule has 0 atom stereocenters. The van der Waals surface area contributed by atoms with Gasteiger partial charge in [-0.1, -0.05) is 29.8 Å². The Morgan fingerprint density at radius 2 is 1.59 bits per heavy atom. The molecule has 2 rings (SSSR count). The van der Waals surface area contributed by atoms with Crippen LogP contribution in [0, 0.1) is 6.92 Å². The number of hydrogen-bond donors (Lipinski definition) is 2. The van der Waals surface area contributed by atoms with E-state index in [-0.39, 0.29) is 0 Å². The number of nitrogens with one attached hydrogen (secondary N) is 2. The number of hydrogen-bond acceptors (Lipinski definition) is 3. The van der Waals surface area contributed by atoms with E-state index in [4.69, 9.17) is 4.74 Å². The van der Waals surface area contributed by atoms with E-state index in [1.165, 1.54) is 0 Å². The number of aryl methyl sites for hydroxylation is 1.